The lowest BCUT2D eigenvalue weighted by molar-refractivity contribution is 0.0696. The first-order valence-electron chi connectivity index (χ1n) is 6.09. The van der Waals surface area contributed by atoms with Gasteiger partial charge in [-0.3, -0.25) is 4.98 Å². The average Bonchev–Trinajstić information content (AvgIpc) is 2.27. The standard InChI is InChI=1S/C13H20N2O3/c1-4-10(16)5-6-14-11-7-8(2)15-9(3)12(11)13(17)18/h7,10,16H,4-6H2,1-3H3,(H,14,15)(H,17,18). The number of aromatic carboxylic acids is 1. The van der Waals surface area contributed by atoms with E-state index in [-0.39, 0.29) is 11.7 Å². The highest BCUT2D eigenvalue weighted by Crippen LogP contribution is 2.19. The number of aromatic nitrogens is 1. The minimum Gasteiger partial charge on any atom is -0.478 e. The number of rotatable bonds is 6. The van der Waals surface area contributed by atoms with Crippen molar-refractivity contribution in [3.63, 3.8) is 0 Å². The maximum Gasteiger partial charge on any atom is 0.339 e. The highest BCUT2D eigenvalue weighted by Gasteiger charge is 2.15. The molecule has 1 heterocycles. The highest BCUT2D eigenvalue weighted by atomic mass is 16.4. The molecule has 0 aliphatic carbocycles. The number of aliphatic hydroxyl groups is 1. The number of hydrogen-bond acceptors (Lipinski definition) is 4. The monoisotopic (exact) mass is 252 g/mol. The Morgan fingerprint density at radius 2 is 2.17 bits per heavy atom. The molecule has 1 unspecified atom stereocenters. The number of pyridine rings is 1. The van der Waals surface area contributed by atoms with E-state index in [9.17, 15) is 9.90 Å². The SMILES string of the molecule is CCC(O)CCNc1cc(C)nc(C)c1C(=O)O. The number of carbonyl (C=O) groups is 1. The van der Waals surface area contributed by atoms with Crippen LogP contribution in [0.4, 0.5) is 5.69 Å². The fraction of sp³-hybridized carbons (Fsp3) is 0.538. The number of aryl methyl sites for hydroxylation is 2. The second-order valence-electron chi connectivity index (χ2n) is 4.35. The zero-order valence-corrected chi connectivity index (χ0v) is 11.0. The molecule has 0 saturated carbocycles. The Hall–Kier alpha value is -1.62. The minimum absolute atomic E-state index is 0.201. The van der Waals surface area contributed by atoms with Crippen LogP contribution in [0.3, 0.4) is 0 Å². The number of nitrogens with zero attached hydrogens (tertiary/aromatic N) is 1. The summed E-state index contributed by atoms with van der Waals surface area (Å²) in [5.74, 6) is -0.987. The van der Waals surface area contributed by atoms with E-state index >= 15 is 0 Å². The third kappa shape index (κ3) is 3.70. The molecule has 0 aromatic carbocycles. The van der Waals surface area contributed by atoms with Crippen LogP contribution in [-0.4, -0.2) is 33.8 Å². The van der Waals surface area contributed by atoms with Crippen LogP contribution in [-0.2, 0) is 0 Å². The molecule has 1 atom stereocenters. The van der Waals surface area contributed by atoms with E-state index in [2.05, 4.69) is 10.3 Å². The second kappa shape index (κ2) is 6.35. The summed E-state index contributed by atoms with van der Waals surface area (Å²) >= 11 is 0. The van der Waals surface area contributed by atoms with E-state index in [0.29, 0.717) is 30.8 Å². The third-order valence-corrected chi connectivity index (χ3v) is 2.81. The van der Waals surface area contributed by atoms with Crippen molar-refractivity contribution in [1.82, 2.24) is 4.98 Å². The number of anilines is 1. The Morgan fingerprint density at radius 3 is 2.72 bits per heavy atom. The van der Waals surface area contributed by atoms with Crippen LogP contribution in [0.1, 0.15) is 41.5 Å². The van der Waals surface area contributed by atoms with E-state index in [4.69, 9.17) is 5.11 Å². The van der Waals surface area contributed by atoms with Crippen molar-refractivity contribution in [1.29, 1.82) is 0 Å². The molecule has 1 aromatic heterocycles. The van der Waals surface area contributed by atoms with Gasteiger partial charge in [0.25, 0.3) is 0 Å². The fourth-order valence-corrected chi connectivity index (χ4v) is 1.82. The van der Waals surface area contributed by atoms with Crippen LogP contribution in [0.15, 0.2) is 6.07 Å². The van der Waals surface area contributed by atoms with Crippen molar-refractivity contribution in [2.75, 3.05) is 11.9 Å². The lowest BCUT2D eigenvalue weighted by atomic mass is 10.1. The van der Waals surface area contributed by atoms with Crippen molar-refractivity contribution < 1.29 is 15.0 Å². The third-order valence-electron chi connectivity index (χ3n) is 2.81. The molecule has 1 rings (SSSR count). The van der Waals surface area contributed by atoms with Crippen LogP contribution >= 0.6 is 0 Å². The van der Waals surface area contributed by atoms with Gasteiger partial charge in [-0.25, -0.2) is 4.79 Å². The molecule has 0 radical (unpaired) electrons. The van der Waals surface area contributed by atoms with Crippen LogP contribution < -0.4 is 5.32 Å². The van der Waals surface area contributed by atoms with Gasteiger partial charge in [-0.05, 0) is 32.8 Å². The van der Waals surface area contributed by atoms with Crippen molar-refractivity contribution in [3.05, 3.63) is 23.0 Å². The molecule has 0 fully saturated rings. The Bertz CT molecular complexity index is 432. The number of carboxylic acid groups (broad SMARTS) is 1. The number of hydrogen-bond donors (Lipinski definition) is 3. The molecule has 100 valence electrons. The van der Waals surface area contributed by atoms with Crippen molar-refractivity contribution >= 4 is 11.7 Å². The lowest BCUT2D eigenvalue weighted by Crippen LogP contribution is -2.15. The summed E-state index contributed by atoms with van der Waals surface area (Å²) in [6.45, 7) is 5.96. The Balaban J connectivity index is 2.83. The number of nitrogens with one attached hydrogen (secondary N) is 1. The summed E-state index contributed by atoms with van der Waals surface area (Å²) in [6.07, 6.45) is 0.938. The molecule has 5 heteroatoms. The van der Waals surface area contributed by atoms with Gasteiger partial charge in [0.05, 0.1) is 17.5 Å². The Labute approximate surface area is 107 Å². The molecular weight excluding hydrogens is 232 g/mol. The first-order valence-corrected chi connectivity index (χ1v) is 6.09. The molecule has 1 aromatic rings. The summed E-state index contributed by atoms with van der Waals surface area (Å²) < 4.78 is 0. The molecule has 0 saturated heterocycles. The van der Waals surface area contributed by atoms with Gasteiger partial charge < -0.3 is 15.5 Å². The largest absolute Gasteiger partial charge is 0.478 e. The zero-order valence-electron chi connectivity index (χ0n) is 11.0. The van der Waals surface area contributed by atoms with E-state index < -0.39 is 5.97 Å². The van der Waals surface area contributed by atoms with Crippen molar-refractivity contribution in [2.45, 2.75) is 39.7 Å². The van der Waals surface area contributed by atoms with E-state index in [1.807, 2.05) is 13.8 Å². The summed E-state index contributed by atoms with van der Waals surface area (Å²) in [4.78, 5) is 15.3. The Morgan fingerprint density at radius 1 is 1.50 bits per heavy atom. The molecule has 18 heavy (non-hydrogen) atoms. The van der Waals surface area contributed by atoms with E-state index in [1.165, 1.54) is 0 Å². The maximum absolute atomic E-state index is 11.2. The van der Waals surface area contributed by atoms with Gasteiger partial charge in [0.2, 0.25) is 0 Å². The molecule has 0 bridgehead atoms. The van der Waals surface area contributed by atoms with Crippen LogP contribution in [0, 0.1) is 13.8 Å². The first-order chi connectivity index (χ1) is 8.45. The quantitative estimate of drug-likeness (QED) is 0.721. The maximum atomic E-state index is 11.2. The normalized spacial score (nSPS) is 12.2. The Kier molecular flexibility index (Phi) is 5.09. The van der Waals surface area contributed by atoms with Crippen molar-refractivity contribution in [3.8, 4) is 0 Å². The highest BCUT2D eigenvalue weighted by molar-refractivity contribution is 5.95. The summed E-state index contributed by atoms with van der Waals surface area (Å²) in [7, 11) is 0. The first kappa shape index (κ1) is 14.4. The molecular formula is C13H20N2O3. The van der Waals surface area contributed by atoms with E-state index in [0.717, 1.165) is 5.69 Å². The smallest absolute Gasteiger partial charge is 0.339 e. The predicted octanol–water partition coefficient (Wildman–Crippen LogP) is 1.97. The van der Waals surface area contributed by atoms with Gasteiger partial charge in [-0.15, -0.1) is 0 Å². The van der Waals surface area contributed by atoms with Crippen LogP contribution in [0.2, 0.25) is 0 Å². The van der Waals surface area contributed by atoms with Gasteiger partial charge in [-0.2, -0.15) is 0 Å². The van der Waals surface area contributed by atoms with Crippen LogP contribution in [0.5, 0.6) is 0 Å². The number of aliphatic hydroxyl groups excluding tert-OH is 1. The zero-order chi connectivity index (χ0) is 13.7. The van der Waals surface area contributed by atoms with Crippen molar-refractivity contribution in [2.24, 2.45) is 0 Å². The van der Waals surface area contributed by atoms with Crippen LogP contribution in [0.25, 0.3) is 0 Å². The van der Waals surface area contributed by atoms with Gasteiger partial charge in [0.15, 0.2) is 0 Å². The predicted molar refractivity (Wildman–Crippen MR) is 70.1 cm³/mol. The van der Waals surface area contributed by atoms with Gasteiger partial charge in [-0.1, -0.05) is 6.92 Å². The molecule has 5 nitrogen and oxygen atoms in total. The van der Waals surface area contributed by atoms with Gasteiger partial charge >= 0.3 is 5.97 Å². The summed E-state index contributed by atoms with van der Waals surface area (Å²) in [6, 6.07) is 1.72. The number of carboxylic acids is 1. The summed E-state index contributed by atoms with van der Waals surface area (Å²) in [5.41, 5.74) is 2.04. The van der Waals surface area contributed by atoms with Gasteiger partial charge in [0, 0.05) is 12.2 Å². The molecule has 0 spiro atoms. The van der Waals surface area contributed by atoms with E-state index in [1.54, 1.807) is 13.0 Å². The fourth-order valence-electron chi connectivity index (χ4n) is 1.82. The summed E-state index contributed by atoms with van der Waals surface area (Å²) in [5, 5.41) is 21.7. The minimum atomic E-state index is -0.987. The molecule has 0 aliphatic rings. The lowest BCUT2D eigenvalue weighted by Gasteiger charge is -2.13. The second-order valence-corrected chi connectivity index (χ2v) is 4.35. The molecule has 0 amide bonds. The van der Waals surface area contributed by atoms with Gasteiger partial charge in [0.1, 0.15) is 5.56 Å². The topological polar surface area (TPSA) is 82.5 Å². The molecule has 3 N–H and O–H groups in total. The molecule has 0 aliphatic heterocycles. The average molecular weight is 252 g/mol.